The number of halogens is 1. The summed E-state index contributed by atoms with van der Waals surface area (Å²) in [7, 11) is -4.27. The minimum absolute atomic E-state index is 0.0772. The first-order valence-corrected chi connectivity index (χ1v) is 12.8. The van der Waals surface area contributed by atoms with Crippen molar-refractivity contribution in [1.29, 1.82) is 0 Å². The molecule has 1 aliphatic heterocycles. The second-order valence-corrected chi connectivity index (χ2v) is 10.2. The predicted octanol–water partition coefficient (Wildman–Crippen LogP) is 2.34. The van der Waals surface area contributed by atoms with Crippen LogP contribution in [0.3, 0.4) is 0 Å². The highest BCUT2D eigenvalue weighted by Gasteiger charge is 2.39. The maximum atomic E-state index is 13.5. The molecule has 8 nitrogen and oxygen atoms in total. The van der Waals surface area contributed by atoms with Crippen LogP contribution in [0.15, 0.2) is 89.8 Å². The van der Waals surface area contributed by atoms with Gasteiger partial charge in [0.1, 0.15) is 5.82 Å². The molecule has 4 rings (SSSR count). The van der Waals surface area contributed by atoms with Crippen LogP contribution in [0.1, 0.15) is 20.7 Å². The van der Waals surface area contributed by atoms with E-state index in [9.17, 15) is 27.2 Å². The molecular formula is C26H24FN3O5S. The number of benzene rings is 3. The first-order valence-electron chi connectivity index (χ1n) is 11.3. The van der Waals surface area contributed by atoms with Gasteiger partial charge in [0.25, 0.3) is 17.7 Å². The molecule has 36 heavy (non-hydrogen) atoms. The Bertz CT molecular complexity index is 1340. The molecule has 0 bridgehead atoms. The fourth-order valence-corrected chi connectivity index (χ4v) is 5.37. The number of rotatable bonds is 6. The monoisotopic (exact) mass is 509 g/mol. The largest absolute Gasteiger partial charge is 0.336 e. The summed E-state index contributed by atoms with van der Waals surface area (Å²) in [4.78, 5) is 41.7. The SMILES string of the molecule is O=C(NC(C(=O)N1CCN(C(=O)c2ccc(F)cc2)CC1)S(=O)(=O)c1ccccc1)c1ccccc1. The van der Waals surface area contributed by atoms with Gasteiger partial charge in [-0.25, -0.2) is 12.8 Å². The molecule has 10 heteroatoms. The summed E-state index contributed by atoms with van der Waals surface area (Å²) in [6, 6.07) is 20.6. The minimum atomic E-state index is -4.27. The number of carbonyl (C=O) groups is 3. The van der Waals surface area contributed by atoms with E-state index < -0.39 is 32.8 Å². The quantitative estimate of drug-likeness (QED) is 0.550. The van der Waals surface area contributed by atoms with Gasteiger partial charge in [-0.15, -0.1) is 0 Å². The molecule has 1 heterocycles. The fourth-order valence-electron chi connectivity index (χ4n) is 3.88. The van der Waals surface area contributed by atoms with E-state index in [0.717, 1.165) is 0 Å². The molecule has 0 saturated carbocycles. The summed E-state index contributed by atoms with van der Waals surface area (Å²) in [6.07, 6.45) is 0. The Kier molecular flexibility index (Phi) is 7.44. The molecule has 3 aromatic rings. The van der Waals surface area contributed by atoms with Crippen molar-refractivity contribution in [3.8, 4) is 0 Å². The van der Waals surface area contributed by atoms with Gasteiger partial charge in [0.05, 0.1) is 4.90 Å². The van der Waals surface area contributed by atoms with Crippen molar-refractivity contribution in [1.82, 2.24) is 15.1 Å². The second kappa shape index (κ2) is 10.7. The molecule has 0 aromatic heterocycles. The molecule has 1 unspecified atom stereocenters. The summed E-state index contributed by atoms with van der Waals surface area (Å²) in [5, 5.41) is 0.559. The predicted molar refractivity (Wildman–Crippen MR) is 130 cm³/mol. The van der Waals surface area contributed by atoms with Crippen molar-refractivity contribution in [3.63, 3.8) is 0 Å². The van der Waals surface area contributed by atoms with Crippen LogP contribution in [-0.4, -0.2) is 67.5 Å². The zero-order valence-electron chi connectivity index (χ0n) is 19.2. The lowest BCUT2D eigenvalue weighted by molar-refractivity contribution is -0.132. The lowest BCUT2D eigenvalue weighted by atomic mass is 10.1. The zero-order valence-corrected chi connectivity index (χ0v) is 20.0. The van der Waals surface area contributed by atoms with Crippen LogP contribution in [0, 0.1) is 5.82 Å². The first kappa shape index (κ1) is 25.1. The summed E-state index contributed by atoms with van der Waals surface area (Å²) < 4.78 is 40.0. The van der Waals surface area contributed by atoms with Crippen LogP contribution in [0.2, 0.25) is 0 Å². The lowest BCUT2D eigenvalue weighted by Crippen LogP contribution is -2.57. The maximum Gasteiger partial charge on any atom is 0.261 e. The van der Waals surface area contributed by atoms with Crippen LogP contribution in [0.4, 0.5) is 4.39 Å². The fraction of sp³-hybridized carbons (Fsp3) is 0.192. The van der Waals surface area contributed by atoms with E-state index >= 15 is 0 Å². The summed E-state index contributed by atoms with van der Waals surface area (Å²) in [5.41, 5.74) is 0.532. The molecule has 0 aliphatic carbocycles. The second-order valence-electron chi connectivity index (χ2n) is 8.20. The van der Waals surface area contributed by atoms with Gasteiger partial charge in [0, 0.05) is 37.3 Å². The van der Waals surface area contributed by atoms with Crippen molar-refractivity contribution in [3.05, 3.63) is 102 Å². The Morgan fingerprint density at radius 3 is 1.83 bits per heavy atom. The number of amides is 3. The molecule has 3 amide bonds. The molecule has 1 fully saturated rings. The van der Waals surface area contributed by atoms with Crippen molar-refractivity contribution in [2.75, 3.05) is 26.2 Å². The molecule has 1 saturated heterocycles. The highest BCUT2D eigenvalue weighted by Crippen LogP contribution is 2.19. The third-order valence-corrected chi connectivity index (χ3v) is 7.74. The smallest absolute Gasteiger partial charge is 0.261 e. The van der Waals surface area contributed by atoms with Gasteiger partial charge in [0.15, 0.2) is 0 Å². The maximum absolute atomic E-state index is 13.5. The van der Waals surface area contributed by atoms with Gasteiger partial charge >= 0.3 is 0 Å². The number of hydrogen-bond donors (Lipinski definition) is 1. The summed E-state index contributed by atoms with van der Waals surface area (Å²) in [5.74, 6) is -2.24. The topological polar surface area (TPSA) is 104 Å². The van der Waals surface area contributed by atoms with E-state index in [1.807, 2.05) is 0 Å². The highest BCUT2D eigenvalue weighted by molar-refractivity contribution is 7.92. The number of carbonyl (C=O) groups excluding carboxylic acids is 3. The first-order chi connectivity index (χ1) is 17.3. The average molecular weight is 510 g/mol. The van der Waals surface area contributed by atoms with E-state index in [-0.39, 0.29) is 42.5 Å². The van der Waals surface area contributed by atoms with Gasteiger partial charge in [-0.2, -0.15) is 0 Å². The zero-order chi connectivity index (χ0) is 25.7. The van der Waals surface area contributed by atoms with E-state index in [0.29, 0.717) is 5.56 Å². The van der Waals surface area contributed by atoms with Crippen LogP contribution in [0.25, 0.3) is 0 Å². The van der Waals surface area contributed by atoms with Gasteiger partial charge in [-0.1, -0.05) is 36.4 Å². The Labute approximate surface area is 208 Å². The Morgan fingerprint density at radius 1 is 0.722 bits per heavy atom. The molecule has 0 radical (unpaired) electrons. The summed E-state index contributed by atoms with van der Waals surface area (Å²) >= 11 is 0. The number of sulfone groups is 1. The van der Waals surface area contributed by atoms with Crippen LogP contribution >= 0.6 is 0 Å². The molecule has 1 N–H and O–H groups in total. The van der Waals surface area contributed by atoms with Crippen molar-refractivity contribution >= 4 is 27.6 Å². The van der Waals surface area contributed by atoms with Gasteiger partial charge in [-0.05, 0) is 48.5 Å². The van der Waals surface area contributed by atoms with Crippen molar-refractivity contribution in [2.45, 2.75) is 10.3 Å². The minimum Gasteiger partial charge on any atom is -0.336 e. The number of piperazine rings is 1. The van der Waals surface area contributed by atoms with E-state index in [1.165, 1.54) is 70.5 Å². The highest BCUT2D eigenvalue weighted by atomic mass is 32.2. The molecular weight excluding hydrogens is 485 g/mol. The molecule has 1 atom stereocenters. The number of nitrogens with zero attached hydrogens (tertiary/aromatic N) is 2. The Balaban J connectivity index is 1.53. The molecule has 1 aliphatic rings. The van der Waals surface area contributed by atoms with Gasteiger partial charge in [-0.3, -0.25) is 14.4 Å². The van der Waals surface area contributed by atoms with Crippen LogP contribution in [0.5, 0.6) is 0 Å². The number of nitrogens with one attached hydrogen (secondary N) is 1. The third-order valence-electron chi connectivity index (χ3n) is 5.87. The molecule has 0 spiro atoms. The standard InChI is InChI=1S/C26H24FN3O5S/c27-21-13-11-20(12-14-21)25(32)29-15-17-30(18-16-29)26(33)24(28-23(31)19-7-3-1-4-8-19)36(34,35)22-9-5-2-6-10-22/h1-14,24H,15-18H2,(H,28,31). The Morgan fingerprint density at radius 2 is 1.25 bits per heavy atom. The normalized spacial score (nSPS) is 14.7. The van der Waals surface area contributed by atoms with Crippen molar-refractivity contribution < 1.29 is 27.2 Å². The molecule has 3 aromatic carbocycles. The average Bonchev–Trinajstić information content (AvgIpc) is 2.92. The van der Waals surface area contributed by atoms with E-state index in [4.69, 9.17) is 0 Å². The van der Waals surface area contributed by atoms with E-state index in [1.54, 1.807) is 24.3 Å². The number of hydrogen-bond acceptors (Lipinski definition) is 5. The Hall–Kier alpha value is -4.05. The van der Waals surface area contributed by atoms with E-state index in [2.05, 4.69) is 5.32 Å². The third kappa shape index (κ3) is 5.44. The van der Waals surface area contributed by atoms with Gasteiger partial charge in [0.2, 0.25) is 15.2 Å². The lowest BCUT2D eigenvalue weighted by Gasteiger charge is -2.36. The summed E-state index contributed by atoms with van der Waals surface area (Å²) in [6.45, 7) is 0.473. The van der Waals surface area contributed by atoms with Crippen molar-refractivity contribution in [2.24, 2.45) is 0 Å². The van der Waals surface area contributed by atoms with Gasteiger partial charge < -0.3 is 15.1 Å². The van der Waals surface area contributed by atoms with Crippen LogP contribution in [-0.2, 0) is 14.6 Å². The molecule has 186 valence electrons. The van der Waals surface area contributed by atoms with Crippen LogP contribution < -0.4 is 5.32 Å².